The third-order valence-corrected chi connectivity index (χ3v) is 7.70. The van der Waals surface area contributed by atoms with Crippen LogP contribution in [-0.2, 0) is 11.2 Å². The number of nitrogens with one attached hydrogen (secondary N) is 3. The summed E-state index contributed by atoms with van der Waals surface area (Å²) in [7, 11) is 2.13. The minimum Gasteiger partial charge on any atom is -0.397 e. The van der Waals surface area contributed by atoms with Crippen molar-refractivity contribution in [2.75, 3.05) is 49.2 Å². The van der Waals surface area contributed by atoms with Gasteiger partial charge in [-0.25, -0.2) is 4.98 Å². The lowest BCUT2D eigenvalue weighted by Gasteiger charge is -2.34. The summed E-state index contributed by atoms with van der Waals surface area (Å²) in [4.78, 5) is 42.1. The molecule has 4 heterocycles. The van der Waals surface area contributed by atoms with Crippen LogP contribution in [0.15, 0.2) is 58.7 Å². The third kappa shape index (κ3) is 4.56. The summed E-state index contributed by atoms with van der Waals surface area (Å²) in [5.74, 6) is 0.303. The highest BCUT2D eigenvalue weighted by Gasteiger charge is 2.19. The van der Waals surface area contributed by atoms with Gasteiger partial charge in [-0.05, 0) is 54.9 Å². The number of thiophene rings is 1. The van der Waals surface area contributed by atoms with Crippen LogP contribution in [0.3, 0.4) is 0 Å². The normalized spacial score (nSPS) is 14.5. The largest absolute Gasteiger partial charge is 0.397 e. The molecule has 1 amide bonds. The molecule has 0 spiro atoms. The fourth-order valence-corrected chi connectivity index (χ4v) is 5.49. The number of likely N-dealkylation sites (N-methyl/N-ethyl adjacent to an activating group) is 1. The Balaban J connectivity index is 1.32. The molecule has 9 nitrogen and oxygen atoms in total. The smallest absolute Gasteiger partial charge is 0.261 e. The van der Waals surface area contributed by atoms with E-state index in [4.69, 9.17) is 5.73 Å². The molecule has 0 atom stereocenters. The first-order chi connectivity index (χ1) is 17.9. The first-order valence-electron chi connectivity index (χ1n) is 12.2. The molecule has 3 aromatic heterocycles. The van der Waals surface area contributed by atoms with Crippen molar-refractivity contribution >= 4 is 56.2 Å². The van der Waals surface area contributed by atoms with Gasteiger partial charge in [-0.15, -0.1) is 11.3 Å². The van der Waals surface area contributed by atoms with E-state index in [1.54, 1.807) is 29.5 Å². The zero-order valence-electron chi connectivity index (χ0n) is 20.4. The van der Waals surface area contributed by atoms with Crippen molar-refractivity contribution in [3.05, 3.63) is 69.1 Å². The lowest BCUT2D eigenvalue weighted by molar-refractivity contribution is -0.115. The Morgan fingerprint density at radius 2 is 1.92 bits per heavy atom. The number of fused-ring (bicyclic) bond motifs is 2. The predicted octanol–water partition coefficient (Wildman–Crippen LogP) is 3.65. The molecule has 0 unspecified atom stereocenters. The number of carbonyl (C=O) groups excluding carboxylic acids is 1. The number of amides is 1. The molecule has 0 aliphatic carbocycles. The molecule has 0 bridgehead atoms. The molecule has 1 fully saturated rings. The lowest BCUT2D eigenvalue weighted by Crippen LogP contribution is -2.44. The fourth-order valence-electron chi connectivity index (χ4n) is 4.78. The molecule has 1 aliphatic rings. The highest BCUT2D eigenvalue weighted by Crippen LogP contribution is 2.31. The first-order valence-corrected chi connectivity index (χ1v) is 13.0. The molecule has 2 aromatic carbocycles. The Kier molecular flexibility index (Phi) is 5.90. The van der Waals surface area contributed by atoms with E-state index in [0.717, 1.165) is 47.8 Å². The van der Waals surface area contributed by atoms with Gasteiger partial charge in [-0.2, -0.15) is 0 Å². The van der Waals surface area contributed by atoms with Crippen LogP contribution in [0.5, 0.6) is 0 Å². The van der Waals surface area contributed by atoms with Crippen LogP contribution in [0, 0.1) is 0 Å². The van der Waals surface area contributed by atoms with Crippen molar-refractivity contribution in [3.63, 3.8) is 0 Å². The van der Waals surface area contributed by atoms with E-state index in [1.165, 1.54) is 0 Å². The van der Waals surface area contributed by atoms with Crippen LogP contribution in [-0.4, -0.2) is 59.0 Å². The van der Waals surface area contributed by atoms with Gasteiger partial charge in [0.1, 0.15) is 11.4 Å². The number of pyridine rings is 1. The molecule has 0 saturated carbocycles. The molecule has 6 rings (SSSR count). The number of rotatable bonds is 5. The van der Waals surface area contributed by atoms with E-state index in [0.29, 0.717) is 34.5 Å². The van der Waals surface area contributed by atoms with Gasteiger partial charge in [-0.1, -0.05) is 6.07 Å². The van der Waals surface area contributed by atoms with Crippen LogP contribution >= 0.6 is 11.3 Å². The SMILES string of the molecule is CN1CCN(c2ccc3nc(-c4c(N)c5cc(NC(=O)Cc6cccs6)ccc5[nH]c4=O)[nH]c3c2)CC1. The van der Waals surface area contributed by atoms with Crippen LogP contribution in [0.1, 0.15) is 4.88 Å². The summed E-state index contributed by atoms with van der Waals surface area (Å²) in [5.41, 5.74) is 10.8. The van der Waals surface area contributed by atoms with Crippen LogP contribution in [0.2, 0.25) is 0 Å². The summed E-state index contributed by atoms with van der Waals surface area (Å²) in [6.45, 7) is 3.97. The average molecular weight is 514 g/mol. The van der Waals surface area contributed by atoms with Crippen LogP contribution in [0.25, 0.3) is 33.3 Å². The zero-order chi connectivity index (χ0) is 25.5. The Morgan fingerprint density at radius 3 is 2.70 bits per heavy atom. The molecule has 1 aliphatic heterocycles. The number of carbonyl (C=O) groups is 1. The topological polar surface area (TPSA) is 123 Å². The zero-order valence-corrected chi connectivity index (χ0v) is 21.2. The third-order valence-electron chi connectivity index (χ3n) is 6.82. The summed E-state index contributed by atoms with van der Waals surface area (Å²) >= 11 is 1.54. The number of nitrogen functional groups attached to an aromatic ring is 1. The second kappa shape index (κ2) is 9.38. The van der Waals surface area contributed by atoms with Gasteiger partial charge in [0.25, 0.3) is 5.56 Å². The number of aromatic amines is 2. The van der Waals surface area contributed by atoms with Crippen molar-refractivity contribution in [2.45, 2.75) is 6.42 Å². The highest BCUT2D eigenvalue weighted by atomic mass is 32.1. The van der Waals surface area contributed by atoms with Gasteiger partial charge >= 0.3 is 0 Å². The number of imidazole rings is 1. The average Bonchev–Trinajstić information content (AvgIpc) is 3.54. The van der Waals surface area contributed by atoms with E-state index in [9.17, 15) is 9.59 Å². The number of benzene rings is 2. The maximum atomic E-state index is 13.0. The number of hydrogen-bond acceptors (Lipinski definition) is 7. The molecule has 5 N–H and O–H groups in total. The highest BCUT2D eigenvalue weighted by molar-refractivity contribution is 7.10. The quantitative estimate of drug-likeness (QED) is 0.285. The van der Waals surface area contributed by atoms with Crippen LogP contribution < -0.4 is 21.5 Å². The van der Waals surface area contributed by atoms with Gasteiger partial charge in [0, 0.05) is 47.8 Å². The monoisotopic (exact) mass is 513 g/mol. The molecule has 1 saturated heterocycles. The number of aromatic nitrogens is 3. The van der Waals surface area contributed by atoms with E-state index in [-0.39, 0.29) is 17.0 Å². The molecule has 10 heteroatoms. The Bertz CT molecular complexity index is 1660. The van der Waals surface area contributed by atoms with E-state index < -0.39 is 0 Å². The van der Waals surface area contributed by atoms with E-state index in [2.05, 4.69) is 49.2 Å². The predicted molar refractivity (Wildman–Crippen MR) is 150 cm³/mol. The van der Waals surface area contributed by atoms with Crippen molar-refractivity contribution in [3.8, 4) is 11.4 Å². The number of piperazine rings is 1. The van der Waals surface area contributed by atoms with Crippen molar-refractivity contribution < 1.29 is 4.79 Å². The number of hydrogen-bond donors (Lipinski definition) is 4. The molecule has 37 heavy (non-hydrogen) atoms. The van der Waals surface area contributed by atoms with Crippen molar-refractivity contribution in [1.29, 1.82) is 0 Å². The fraction of sp³-hybridized carbons (Fsp3) is 0.222. The second-order valence-corrected chi connectivity index (χ2v) is 10.4. The van der Waals surface area contributed by atoms with E-state index >= 15 is 0 Å². The number of anilines is 3. The maximum absolute atomic E-state index is 13.0. The molecule has 0 radical (unpaired) electrons. The summed E-state index contributed by atoms with van der Waals surface area (Å²) in [5, 5.41) is 5.51. The molecule has 5 aromatic rings. The van der Waals surface area contributed by atoms with Crippen LogP contribution in [0.4, 0.5) is 17.1 Å². The van der Waals surface area contributed by atoms with E-state index in [1.807, 2.05) is 23.6 Å². The lowest BCUT2D eigenvalue weighted by atomic mass is 10.1. The minimum absolute atomic E-state index is 0.113. The molecule has 188 valence electrons. The maximum Gasteiger partial charge on any atom is 0.261 e. The number of nitrogens with zero attached hydrogens (tertiary/aromatic N) is 3. The van der Waals surface area contributed by atoms with Crippen molar-refractivity contribution in [2.24, 2.45) is 0 Å². The summed E-state index contributed by atoms with van der Waals surface area (Å²) in [6, 6.07) is 15.2. The summed E-state index contributed by atoms with van der Waals surface area (Å²) in [6.07, 6.45) is 0.303. The molecular weight excluding hydrogens is 486 g/mol. The second-order valence-electron chi connectivity index (χ2n) is 9.38. The van der Waals surface area contributed by atoms with Gasteiger partial charge < -0.3 is 30.8 Å². The Labute approximate surface area is 216 Å². The number of H-pyrrole nitrogens is 2. The Hall–Kier alpha value is -4.15. The molecular formula is C27H27N7O2S. The number of nitrogens with two attached hydrogens (primary N) is 1. The van der Waals surface area contributed by atoms with Gasteiger partial charge in [0.2, 0.25) is 5.91 Å². The Morgan fingerprint density at radius 1 is 1.08 bits per heavy atom. The van der Waals surface area contributed by atoms with Gasteiger partial charge in [-0.3, -0.25) is 9.59 Å². The van der Waals surface area contributed by atoms with Gasteiger partial charge in [0.15, 0.2) is 0 Å². The standard InChI is InChI=1S/C27H27N7O2S/c1-33-8-10-34(11-9-33)17-5-7-21-22(14-17)31-26(30-21)24-25(28)19-13-16(4-6-20(19)32-27(24)36)29-23(35)15-18-3-2-12-37-18/h2-7,12-14H,8-11,15H2,1H3,(H,29,35)(H,30,31)(H3,28,32,36). The van der Waals surface area contributed by atoms with Gasteiger partial charge in [0.05, 0.1) is 28.7 Å². The first kappa shape index (κ1) is 23.3. The van der Waals surface area contributed by atoms with Crippen molar-refractivity contribution in [1.82, 2.24) is 19.9 Å². The minimum atomic E-state index is -0.321. The summed E-state index contributed by atoms with van der Waals surface area (Å²) < 4.78 is 0.